The third-order valence-corrected chi connectivity index (χ3v) is 3.62. The molecule has 0 aliphatic rings. The maximum Gasteiger partial charge on any atom is 0.343 e. The minimum absolute atomic E-state index is 0.152. The maximum absolute atomic E-state index is 11.1. The van der Waals surface area contributed by atoms with Crippen molar-refractivity contribution in [3.8, 4) is 0 Å². The molecule has 1 unspecified atom stereocenters. The lowest BCUT2D eigenvalue weighted by molar-refractivity contribution is 0.553. The molecule has 0 saturated heterocycles. The molecule has 86 valence electrons. The second kappa shape index (κ2) is 6.27. The van der Waals surface area contributed by atoms with Crippen LogP contribution in [0.2, 0.25) is 0 Å². The molecule has 1 heterocycles. The van der Waals surface area contributed by atoms with E-state index >= 15 is 0 Å². The Morgan fingerprint density at radius 1 is 1.60 bits per heavy atom. The average Bonchev–Trinajstić information content (AvgIpc) is 2.50. The Bertz CT molecular complexity index is 347. The molecule has 0 saturated carbocycles. The van der Waals surface area contributed by atoms with E-state index in [4.69, 9.17) is 0 Å². The van der Waals surface area contributed by atoms with Crippen LogP contribution in [0.3, 0.4) is 0 Å². The number of thioether (sulfide) groups is 1. The summed E-state index contributed by atoms with van der Waals surface area (Å²) in [5.41, 5.74) is -0.152. The van der Waals surface area contributed by atoms with Gasteiger partial charge in [0.15, 0.2) is 5.16 Å². The fourth-order valence-electron chi connectivity index (χ4n) is 1.18. The minimum atomic E-state index is -0.152. The Morgan fingerprint density at radius 3 is 2.87 bits per heavy atom. The monoisotopic (exact) mass is 247 g/mol. The van der Waals surface area contributed by atoms with Crippen LogP contribution in [-0.4, -0.2) is 26.3 Å². The lowest BCUT2D eigenvalue weighted by atomic mass is 10.1. The van der Waals surface area contributed by atoms with Crippen molar-refractivity contribution in [2.75, 3.05) is 11.5 Å². The highest BCUT2D eigenvalue weighted by molar-refractivity contribution is 7.99. The van der Waals surface area contributed by atoms with Gasteiger partial charge >= 0.3 is 5.69 Å². The highest BCUT2D eigenvalue weighted by atomic mass is 32.2. The van der Waals surface area contributed by atoms with Crippen molar-refractivity contribution in [3.63, 3.8) is 0 Å². The van der Waals surface area contributed by atoms with Crippen molar-refractivity contribution in [3.05, 3.63) is 10.5 Å². The van der Waals surface area contributed by atoms with Gasteiger partial charge in [0.25, 0.3) is 0 Å². The Balaban J connectivity index is 2.32. The van der Waals surface area contributed by atoms with Gasteiger partial charge < -0.3 is 0 Å². The van der Waals surface area contributed by atoms with E-state index in [1.807, 2.05) is 0 Å². The molecule has 0 aliphatic heterocycles. The van der Waals surface area contributed by atoms with E-state index < -0.39 is 0 Å². The van der Waals surface area contributed by atoms with Crippen molar-refractivity contribution in [2.45, 2.75) is 24.9 Å². The van der Waals surface area contributed by atoms with Gasteiger partial charge in [-0.15, -0.1) is 5.10 Å². The van der Waals surface area contributed by atoms with Crippen molar-refractivity contribution < 1.29 is 0 Å². The van der Waals surface area contributed by atoms with Crippen LogP contribution in [0.5, 0.6) is 0 Å². The Hall–Kier alpha value is -0.360. The normalized spacial score (nSPS) is 13.0. The molecule has 1 aromatic rings. The number of aromatic amines is 1. The number of hydrogen-bond acceptors (Lipinski definition) is 4. The summed E-state index contributed by atoms with van der Waals surface area (Å²) in [7, 11) is 1.73. The van der Waals surface area contributed by atoms with Gasteiger partial charge in [0.05, 0.1) is 0 Å². The van der Waals surface area contributed by atoms with Crippen LogP contribution in [0, 0.1) is 5.92 Å². The third-order valence-electron chi connectivity index (χ3n) is 2.30. The zero-order chi connectivity index (χ0) is 11.3. The van der Waals surface area contributed by atoms with Crippen molar-refractivity contribution >= 4 is 24.4 Å². The second-order valence-electron chi connectivity index (χ2n) is 3.62. The second-order valence-corrected chi connectivity index (χ2v) is 5.13. The quantitative estimate of drug-likeness (QED) is 0.592. The summed E-state index contributed by atoms with van der Waals surface area (Å²) in [6.45, 7) is 2.22. The first-order valence-electron chi connectivity index (χ1n) is 5.00. The number of nitrogens with one attached hydrogen (secondary N) is 1. The van der Waals surface area contributed by atoms with Crippen molar-refractivity contribution in [2.24, 2.45) is 13.0 Å². The standard InChI is InChI=1S/C9H17N3OS2/c1-7(3-5-14)4-6-15-9-11-10-8(13)12(9)2/h7,14H,3-6H2,1-2H3,(H,10,13). The van der Waals surface area contributed by atoms with Gasteiger partial charge in [-0.2, -0.15) is 12.6 Å². The van der Waals surface area contributed by atoms with Gasteiger partial charge in [-0.05, 0) is 24.5 Å². The molecule has 1 aromatic heterocycles. The Kier molecular flexibility index (Phi) is 5.31. The SMILES string of the molecule is CC(CCS)CCSc1n[nH]c(=O)n1C. The van der Waals surface area contributed by atoms with Crippen LogP contribution in [0.4, 0.5) is 0 Å². The van der Waals surface area contributed by atoms with Crippen LogP contribution in [0.15, 0.2) is 9.95 Å². The summed E-state index contributed by atoms with van der Waals surface area (Å²) in [4.78, 5) is 11.1. The fourth-order valence-corrected chi connectivity index (χ4v) is 2.71. The number of hydrogen-bond donors (Lipinski definition) is 2. The van der Waals surface area contributed by atoms with Gasteiger partial charge in [0.1, 0.15) is 0 Å². The number of H-pyrrole nitrogens is 1. The zero-order valence-corrected chi connectivity index (χ0v) is 10.8. The summed E-state index contributed by atoms with van der Waals surface area (Å²) >= 11 is 5.82. The topological polar surface area (TPSA) is 50.7 Å². The molecule has 4 nitrogen and oxygen atoms in total. The molecular formula is C9H17N3OS2. The summed E-state index contributed by atoms with van der Waals surface area (Å²) in [6, 6.07) is 0. The largest absolute Gasteiger partial charge is 0.343 e. The molecule has 0 radical (unpaired) electrons. The molecule has 1 rings (SSSR count). The predicted molar refractivity (Wildman–Crippen MR) is 66.8 cm³/mol. The van der Waals surface area contributed by atoms with E-state index in [2.05, 4.69) is 29.7 Å². The van der Waals surface area contributed by atoms with Crippen LogP contribution >= 0.6 is 24.4 Å². The number of rotatable bonds is 6. The predicted octanol–water partition coefficient (Wildman–Crippen LogP) is 1.55. The zero-order valence-electron chi connectivity index (χ0n) is 9.06. The fraction of sp³-hybridized carbons (Fsp3) is 0.778. The van der Waals surface area contributed by atoms with Gasteiger partial charge in [-0.3, -0.25) is 4.57 Å². The minimum Gasteiger partial charge on any atom is -0.273 e. The molecule has 0 aromatic carbocycles. The number of nitrogens with zero attached hydrogens (tertiary/aromatic N) is 2. The molecule has 6 heteroatoms. The molecule has 1 atom stereocenters. The van der Waals surface area contributed by atoms with Gasteiger partial charge in [-0.1, -0.05) is 18.7 Å². The molecule has 15 heavy (non-hydrogen) atoms. The van der Waals surface area contributed by atoms with Gasteiger partial charge in [-0.25, -0.2) is 9.89 Å². The molecule has 0 spiro atoms. The van der Waals surface area contributed by atoms with E-state index in [0.717, 1.165) is 29.5 Å². The van der Waals surface area contributed by atoms with E-state index in [9.17, 15) is 4.79 Å². The van der Waals surface area contributed by atoms with E-state index in [1.165, 1.54) is 4.57 Å². The lowest BCUT2D eigenvalue weighted by Crippen LogP contribution is -2.13. The van der Waals surface area contributed by atoms with E-state index in [-0.39, 0.29) is 5.69 Å². The summed E-state index contributed by atoms with van der Waals surface area (Å²) < 4.78 is 1.54. The molecule has 0 bridgehead atoms. The number of aromatic nitrogens is 3. The van der Waals surface area contributed by atoms with Crippen LogP contribution in [-0.2, 0) is 7.05 Å². The highest BCUT2D eigenvalue weighted by Crippen LogP contribution is 2.17. The van der Waals surface area contributed by atoms with Gasteiger partial charge in [0, 0.05) is 12.8 Å². The van der Waals surface area contributed by atoms with Gasteiger partial charge in [0.2, 0.25) is 0 Å². The smallest absolute Gasteiger partial charge is 0.273 e. The first-order chi connectivity index (χ1) is 7.15. The van der Waals surface area contributed by atoms with Crippen LogP contribution in [0.1, 0.15) is 19.8 Å². The third kappa shape index (κ3) is 3.95. The Morgan fingerprint density at radius 2 is 2.33 bits per heavy atom. The summed E-state index contributed by atoms with van der Waals surface area (Å²) in [5.74, 6) is 2.62. The first kappa shape index (κ1) is 12.7. The molecule has 0 amide bonds. The van der Waals surface area contributed by atoms with E-state index in [0.29, 0.717) is 5.92 Å². The summed E-state index contributed by atoms with van der Waals surface area (Å²) in [6.07, 6.45) is 2.27. The lowest BCUT2D eigenvalue weighted by Gasteiger charge is -2.07. The molecule has 0 aliphatic carbocycles. The molecule has 0 fully saturated rings. The molecular weight excluding hydrogens is 230 g/mol. The number of thiol groups is 1. The van der Waals surface area contributed by atoms with Crippen molar-refractivity contribution in [1.82, 2.24) is 14.8 Å². The maximum atomic E-state index is 11.1. The van der Waals surface area contributed by atoms with Crippen molar-refractivity contribution in [1.29, 1.82) is 0 Å². The highest BCUT2D eigenvalue weighted by Gasteiger charge is 2.06. The first-order valence-corrected chi connectivity index (χ1v) is 6.62. The van der Waals surface area contributed by atoms with Crippen LogP contribution < -0.4 is 5.69 Å². The Labute approximate surface area is 99.3 Å². The van der Waals surface area contributed by atoms with Crippen LogP contribution in [0.25, 0.3) is 0 Å². The summed E-state index contributed by atoms with van der Waals surface area (Å²) in [5, 5.41) is 7.12. The average molecular weight is 247 g/mol. The molecule has 1 N–H and O–H groups in total. The van der Waals surface area contributed by atoms with E-state index in [1.54, 1.807) is 18.8 Å².